The summed E-state index contributed by atoms with van der Waals surface area (Å²) < 4.78 is 10.2. The molecule has 0 aliphatic carbocycles. The standard InChI is InChI=1S/C17H15NO3/c1-20-17(19)4-2-3-13-5-9-15(10-6-13)21-16-11-7-14(18)8-12-16/h5-12H,4,18H2,1H3. The highest BCUT2D eigenvalue weighted by Gasteiger charge is 1.97. The fourth-order valence-electron chi connectivity index (χ4n) is 1.57. The van der Waals surface area contributed by atoms with Crippen molar-refractivity contribution in [3.05, 3.63) is 54.1 Å². The Morgan fingerprint density at radius 1 is 1.05 bits per heavy atom. The van der Waals surface area contributed by atoms with Crippen LogP contribution in [0, 0.1) is 11.8 Å². The van der Waals surface area contributed by atoms with Crippen LogP contribution in [0.4, 0.5) is 5.69 Å². The van der Waals surface area contributed by atoms with Gasteiger partial charge < -0.3 is 15.2 Å². The monoisotopic (exact) mass is 281 g/mol. The highest BCUT2D eigenvalue weighted by molar-refractivity contribution is 5.72. The summed E-state index contributed by atoms with van der Waals surface area (Å²) in [6, 6.07) is 14.5. The smallest absolute Gasteiger partial charge is 0.317 e. The number of hydrogen-bond acceptors (Lipinski definition) is 4. The first kappa shape index (κ1) is 14.5. The highest BCUT2D eigenvalue weighted by atomic mass is 16.5. The molecule has 0 saturated heterocycles. The zero-order chi connectivity index (χ0) is 15.1. The fraction of sp³-hybridized carbons (Fsp3) is 0.118. The van der Waals surface area contributed by atoms with Crippen molar-refractivity contribution in [1.29, 1.82) is 0 Å². The average molecular weight is 281 g/mol. The molecule has 0 aliphatic rings. The van der Waals surface area contributed by atoms with Crippen LogP contribution in [0.15, 0.2) is 48.5 Å². The van der Waals surface area contributed by atoms with Gasteiger partial charge in [-0.2, -0.15) is 0 Å². The fourth-order valence-corrected chi connectivity index (χ4v) is 1.57. The molecule has 2 rings (SSSR count). The van der Waals surface area contributed by atoms with Crippen LogP contribution in [0.3, 0.4) is 0 Å². The van der Waals surface area contributed by atoms with Gasteiger partial charge in [0.25, 0.3) is 0 Å². The van der Waals surface area contributed by atoms with Gasteiger partial charge in [0, 0.05) is 11.3 Å². The number of benzene rings is 2. The van der Waals surface area contributed by atoms with Crippen LogP contribution < -0.4 is 10.5 Å². The summed E-state index contributed by atoms with van der Waals surface area (Å²) >= 11 is 0. The van der Waals surface area contributed by atoms with Crippen molar-refractivity contribution in [3.8, 4) is 23.3 Å². The average Bonchev–Trinajstić information content (AvgIpc) is 2.51. The molecule has 4 heteroatoms. The van der Waals surface area contributed by atoms with Gasteiger partial charge in [0.1, 0.15) is 17.9 Å². The molecule has 2 N–H and O–H groups in total. The number of methoxy groups -OCH3 is 1. The van der Waals surface area contributed by atoms with Crippen LogP contribution in [0.1, 0.15) is 12.0 Å². The Balaban J connectivity index is 1.98. The maximum atomic E-state index is 10.9. The van der Waals surface area contributed by atoms with Crippen molar-refractivity contribution in [1.82, 2.24) is 0 Å². The van der Waals surface area contributed by atoms with Crippen molar-refractivity contribution >= 4 is 11.7 Å². The van der Waals surface area contributed by atoms with Crippen molar-refractivity contribution < 1.29 is 14.3 Å². The maximum absolute atomic E-state index is 10.9. The topological polar surface area (TPSA) is 61.5 Å². The minimum Gasteiger partial charge on any atom is -0.468 e. The Morgan fingerprint density at radius 2 is 1.62 bits per heavy atom. The number of esters is 1. The van der Waals surface area contributed by atoms with Crippen LogP contribution in [0.5, 0.6) is 11.5 Å². The first-order chi connectivity index (χ1) is 10.2. The third-order valence-electron chi connectivity index (χ3n) is 2.66. The van der Waals surface area contributed by atoms with E-state index in [9.17, 15) is 4.79 Å². The summed E-state index contributed by atoms with van der Waals surface area (Å²) in [6.45, 7) is 0. The first-order valence-electron chi connectivity index (χ1n) is 6.36. The number of anilines is 1. The normalized spacial score (nSPS) is 9.38. The predicted octanol–water partition coefficient (Wildman–Crippen LogP) is 2.98. The molecule has 0 saturated carbocycles. The molecule has 2 aromatic carbocycles. The zero-order valence-electron chi connectivity index (χ0n) is 11.6. The summed E-state index contributed by atoms with van der Waals surface area (Å²) in [5.74, 6) is 6.72. The van der Waals surface area contributed by atoms with Gasteiger partial charge in [-0.25, -0.2) is 0 Å². The quantitative estimate of drug-likeness (QED) is 0.534. The molecular formula is C17H15NO3. The van der Waals surface area contributed by atoms with E-state index in [4.69, 9.17) is 10.5 Å². The Bertz CT molecular complexity index is 664. The van der Waals surface area contributed by atoms with E-state index in [1.165, 1.54) is 7.11 Å². The van der Waals surface area contributed by atoms with Gasteiger partial charge in [0.2, 0.25) is 0 Å². The first-order valence-corrected chi connectivity index (χ1v) is 6.36. The van der Waals surface area contributed by atoms with Gasteiger partial charge in [-0.3, -0.25) is 4.79 Å². The Morgan fingerprint density at radius 3 is 2.19 bits per heavy atom. The number of ether oxygens (including phenoxy) is 2. The molecule has 0 unspecified atom stereocenters. The van der Waals surface area contributed by atoms with E-state index in [2.05, 4.69) is 16.6 Å². The summed E-state index contributed by atoms with van der Waals surface area (Å²) in [4.78, 5) is 10.9. The third kappa shape index (κ3) is 4.59. The maximum Gasteiger partial charge on any atom is 0.317 e. The van der Waals surface area contributed by atoms with Crippen LogP contribution >= 0.6 is 0 Å². The molecule has 0 bridgehead atoms. The molecular weight excluding hydrogens is 266 g/mol. The SMILES string of the molecule is COC(=O)CC#Cc1ccc(Oc2ccc(N)cc2)cc1. The van der Waals surface area contributed by atoms with Gasteiger partial charge >= 0.3 is 5.97 Å². The van der Waals surface area contributed by atoms with E-state index in [0.717, 1.165) is 5.56 Å². The number of rotatable bonds is 3. The Labute approximate surface area is 123 Å². The zero-order valence-corrected chi connectivity index (χ0v) is 11.6. The van der Waals surface area contributed by atoms with Crippen LogP contribution in [0.2, 0.25) is 0 Å². The molecule has 0 heterocycles. The number of nitrogen functional groups attached to an aromatic ring is 1. The van der Waals surface area contributed by atoms with E-state index in [0.29, 0.717) is 17.2 Å². The minimum absolute atomic E-state index is 0.0835. The molecule has 0 aromatic heterocycles. The van der Waals surface area contributed by atoms with Crippen molar-refractivity contribution in [2.75, 3.05) is 12.8 Å². The van der Waals surface area contributed by atoms with Crippen molar-refractivity contribution in [2.45, 2.75) is 6.42 Å². The van der Waals surface area contributed by atoms with Crippen LogP contribution in [-0.2, 0) is 9.53 Å². The van der Waals surface area contributed by atoms with Gasteiger partial charge in [-0.15, -0.1) is 0 Å². The molecule has 106 valence electrons. The van der Waals surface area contributed by atoms with Gasteiger partial charge in [0.05, 0.1) is 7.11 Å². The molecule has 0 amide bonds. The lowest BCUT2D eigenvalue weighted by Crippen LogP contribution is -1.96. The minimum atomic E-state index is -0.342. The molecule has 0 radical (unpaired) electrons. The van der Waals surface area contributed by atoms with Crippen LogP contribution in [-0.4, -0.2) is 13.1 Å². The number of carbonyl (C=O) groups is 1. The molecule has 0 aliphatic heterocycles. The summed E-state index contributed by atoms with van der Waals surface area (Å²) in [5.41, 5.74) is 7.12. The van der Waals surface area contributed by atoms with Crippen LogP contribution in [0.25, 0.3) is 0 Å². The van der Waals surface area contributed by atoms with E-state index >= 15 is 0 Å². The van der Waals surface area contributed by atoms with E-state index in [1.807, 2.05) is 24.3 Å². The summed E-state index contributed by atoms with van der Waals surface area (Å²) in [5, 5.41) is 0. The van der Waals surface area contributed by atoms with Crippen molar-refractivity contribution in [2.24, 2.45) is 0 Å². The van der Waals surface area contributed by atoms with E-state index in [1.54, 1.807) is 24.3 Å². The van der Waals surface area contributed by atoms with Gasteiger partial charge in [0.15, 0.2) is 0 Å². The number of hydrogen-bond donors (Lipinski definition) is 1. The second-order valence-corrected chi connectivity index (χ2v) is 4.25. The van der Waals surface area contributed by atoms with Gasteiger partial charge in [-0.1, -0.05) is 11.8 Å². The molecule has 0 spiro atoms. The highest BCUT2D eigenvalue weighted by Crippen LogP contribution is 2.22. The number of nitrogens with two attached hydrogens (primary N) is 1. The molecule has 21 heavy (non-hydrogen) atoms. The lowest BCUT2D eigenvalue weighted by Gasteiger charge is -2.05. The number of carbonyl (C=O) groups excluding carboxylic acids is 1. The largest absolute Gasteiger partial charge is 0.468 e. The van der Waals surface area contributed by atoms with Crippen molar-refractivity contribution in [3.63, 3.8) is 0 Å². The second kappa shape index (κ2) is 7.01. The lowest BCUT2D eigenvalue weighted by molar-refractivity contribution is -0.139. The Kier molecular flexibility index (Phi) is 4.84. The second-order valence-electron chi connectivity index (χ2n) is 4.25. The van der Waals surface area contributed by atoms with Gasteiger partial charge in [-0.05, 0) is 48.5 Å². The summed E-state index contributed by atoms with van der Waals surface area (Å²) in [6.07, 6.45) is 0.0835. The summed E-state index contributed by atoms with van der Waals surface area (Å²) in [7, 11) is 1.34. The Hall–Kier alpha value is -2.93. The molecule has 0 fully saturated rings. The predicted molar refractivity (Wildman–Crippen MR) is 80.9 cm³/mol. The molecule has 0 atom stereocenters. The lowest BCUT2D eigenvalue weighted by atomic mass is 10.2. The third-order valence-corrected chi connectivity index (χ3v) is 2.66. The van der Waals surface area contributed by atoms with E-state index in [-0.39, 0.29) is 12.4 Å². The molecule has 2 aromatic rings. The van der Waals surface area contributed by atoms with E-state index < -0.39 is 0 Å². The molecule has 4 nitrogen and oxygen atoms in total.